The van der Waals surface area contributed by atoms with Crippen LogP contribution in [0.15, 0.2) is 30.3 Å². The van der Waals surface area contributed by atoms with Crippen LogP contribution in [0.2, 0.25) is 5.02 Å². The summed E-state index contributed by atoms with van der Waals surface area (Å²) in [5, 5.41) is 3.44. The molecule has 8 heteroatoms. The van der Waals surface area contributed by atoms with E-state index >= 15 is 0 Å². The summed E-state index contributed by atoms with van der Waals surface area (Å²) in [6, 6.07) is 8.73. The van der Waals surface area contributed by atoms with Gasteiger partial charge in [-0.15, -0.1) is 0 Å². The van der Waals surface area contributed by atoms with Crippen molar-refractivity contribution in [1.29, 1.82) is 0 Å². The smallest absolute Gasteiger partial charge is 0.258 e. The summed E-state index contributed by atoms with van der Waals surface area (Å²) < 4.78 is 10.8. The molecule has 0 radical (unpaired) electrons. The van der Waals surface area contributed by atoms with Crippen molar-refractivity contribution < 1.29 is 14.3 Å². The van der Waals surface area contributed by atoms with Crippen molar-refractivity contribution in [2.45, 2.75) is 13.5 Å². The molecule has 2 aromatic rings. The van der Waals surface area contributed by atoms with E-state index in [4.69, 9.17) is 21.1 Å². The molecule has 0 spiro atoms. The van der Waals surface area contributed by atoms with Crippen molar-refractivity contribution in [3.63, 3.8) is 0 Å². The molecule has 1 amide bonds. The highest BCUT2D eigenvalue weighted by Gasteiger charge is 2.15. The highest BCUT2D eigenvalue weighted by molar-refractivity contribution is 6.30. The van der Waals surface area contributed by atoms with Gasteiger partial charge in [-0.1, -0.05) is 11.6 Å². The lowest BCUT2D eigenvalue weighted by Crippen LogP contribution is -2.37. The zero-order valence-corrected chi connectivity index (χ0v) is 15.3. The maximum atomic E-state index is 12.0. The Morgan fingerprint density at radius 3 is 2.73 bits per heavy atom. The fourth-order valence-electron chi connectivity index (χ4n) is 2.53. The van der Waals surface area contributed by atoms with Crippen LogP contribution in [0.3, 0.4) is 0 Å². The lowest BCUT2D eigenvalue weighted by atomic mass is 10.3. The number of carbonyl (C=O) groups is 1. The van der Waals surface area contributed by atoms with Crippen molar-refractivity contribution in [2.75, 3.05) is 37.8 Å². The number of morpholine rings is 1. The number of ether oxygens (including phenoxy) is 2. The Balaban J connectivity index is 1.52. The SMILES string of the molecule is Cc1cc(CNC(=O)COc2ccc(Cl)cc2)nc(N2CCOCC2)n1. The molecule has 26 heavy (non-hydrogen) atoms. The predicted molar refractivity (Wildman–Crippen MR) is 98.6 cm³/mol. The molecule has 0 bridgehead atoms. The van der Waals surface area contributed by atoms with E-state index in [1.807, 2.05) is 13.0 Å². The van der Waals surface area contributed by atoms with Crippen LogP contribution in [0.4, 0.5) is 5.95 Å². The van der Waals surface area contributed by atoms with Crippen LogP contribution in [0.1, 0.15) is 11.4 Å². The molecule has 1 saturated heterocycles. The molecule has 1 aliphatic rings. The van der Waals surface area contributed by atoms with Crippen molar-refractivity contribution >= 4 is 23.5 Å². The molecule has 1 N–H and O–H groups in total. The van der Waals surface area contributed by atoms with Gasteiger partial charge in [0.1, 0.15) is 5.75 Å². The number of anilines is 1. The maximum absolute atomic E-state index is 12.0. The molecule has 0 unspecified atom stereocenters. The number of aromatic nitrogens is 2. The topological polar surface area (TPSA) is 76.6 Å². The van der Waals surface area contributed by atoms with Crippen LogP contribution in [-0.2, 0) is 16.1 Å². The van der Waals surface area contributed by atoms with E-state index in [9.17, 15) is 4.79 Å². The molecule has 1 fully saturated rings. The third-order valence-corrected chi connectivity index (χ3v) is 4.09. The standard InChI is InChI=1S/C18H21ClN4O3/c1-13-10-15(22-18(21-13)23-6-8-25-9-7-23)11-20-17(24)12-26-16-4-2-14(19)3-5-16/h2-5,10H,6-9,11-12H2,1H3,(H,20,24). The van der Waals surface area contributed by atoms with E-state index in [1.165, 1.54) is 0 Å². The van der Waals surface area contributed by atoms with E-state index in [-0.39, 0.29) is 12.5 Å². The van der Waals surface area contributed by atoms with Gasteiger partial charge in [-0.3, -0.25) is 4.79 Å². The highest BCUT2D eigenvalue weighted by atomic mass is 35.5. The zero-order valence-electron chi connectivity index (χ0n) is 14.6. The molecule has 0 aliphatic carbocycles. The number of benzene rings is 1. The van der Waals surface area contributed by atoms with E-state index in [2.05, 4.69) is 20.2 Å². The van der Waals surface area contributed by atoms with Gasteiger partial charge in [-0.25, -0.2) is 9.97 Å². The summed E-state index contributed by atoms with van der Waals surface area (Å²) in [7, 11) is 0. The largest absolute Gasteiger partial charge is 0.484 e. The van der Waals surface area contributed by atoms with Crippen molar-refractivity contribution in [1.82, 2.24) is 15.3 Å². The van der Waals surface area contributed by atoms with Crippen LogP contribution in [0, 0.1) is 6.92 Å². The van der Waals surface area contributed by atoms with Crippen LogP contribution in [0.5, 0.6) is 5.75 Å². The normalized spacial score (nSPS) is 14.2. The van der Waals surface area contributed by atoms with Crippen LogP contribution in [-0.4, -0.2) is 48.8 Å². The summed E-state index contributed by atoms with van der Waals surface area (Å²) in [5.41, 5.74) is 1.63. The Kier molecular flexibility index (Phi) is 6.25. The van der Waals surface area contributed by atoms with Crippen LogP contribution < -0.4 is 15.0 Å². The summed E-state index contributed by atoms with van der Waals surface area (Å²) >= 11 is 5.82. The first kappa shape index (κ1) is 18.4. The van der Waals surface area contributed by atoms with Gasteiger partial charge in [0, 0.05) is 23.8 Å². The van der Waals surface area contributed by atoms with E-state index < -0.39 is 0 Å². The summed E-state index contributed by atoms with van der Waals surface area (Å²) in [5.74, 6) is 1.05. The van der Waals surface area contributed by atoms with E-state index in [1.54, 1.807) is 24.3 Å². The predicted octanol–water partition coefficient (Wildman–Crippen LogP) is 1.97. The molecule has 1 aromatic carbocycles. The minimum atomic E-state index is -0.218. The first-order chi connectivity index (χ1) is 12.6. The van der Waals surface area contributed by atoms with Crippen LogP contribution in [0.25, 0.3) is 0 Å². The molecule has 0 atom stereocenters. The van der Waals surface area contributed by atoms with E-state index in [0.717, 1.165) is 24.5 Å². The first-order valence-electron chi connectivity index (χ1n) is 8.42. The second kappa shape index (κ2) is 8.82. The minimum absolute atomic E-state index is 0.0674. The van der Waals surface area contributed by atoms with Crippen molar-refractivity contribution in [2.24, 2.45) is 0 Å². The molecule has 1 aromatic heterocycles. The highest BCUT2D eigenvalue weighted by Crippen LogP contribution is 2.15. The quantitative estimate of drug-likeness (QED) is 0.830. The number of carbonyl (C=O) groups excluding carboxylic acids is 1. The summed E-state index contributed by atoms with van der Waals surface area (Å²) in [4.78, 5) is 23.1. The lowest BCUT2D eigenvalue weighted by Gasteiger charge is -2.27. The molecule has 2 heterocycles. The maximum Gasteiger partial charge on any atom is 0.258 e. The first-order valence-corrected chi connectivity index (χ1v) is 8.80. The third kappa shape index (κ3) is 5.31. The van der Waals surface area contributed by atoms with Crippen LogP contribution >= 0.6 is 11.6 Å². The minimum Gasteiger partial charge on any atom is -0.484 e. The van der Waals surface area contributed by atoms with Gasteiger partial charge in [0.05, 0.1) is 25.5 Å². The second-order valence-electron chi connectivity index (χ2n) is 5.92. The number of nitrogens with one attached hydrogen (secondary N) is 1. The summed E-state index contributed by atoms with van der Waals surface area (Å²) in [6.07, 6.45) is 0. The second-order valence-corrected chi connectivity index (χ2v) is 6.36. The number of halogens is 1. The average molecular weight is 377 g/mol. The van der Waals surface area contributed by atoms with Gasteiger partial charge in [-0.05, 0) is 37.3 Å². The zero-order chi connectivity index (χ0) is 18.4. The van der Waals surface area contributed by atoms with Crippen molar-refractivity contribution in [3.8, 4) is 5.75 Å². The fraction of sp³-hybridized carbons (Fsp3) is 0.389. The Morgan fingerprint density at radius 1 is 1.27 bits per heavy atom. The Bertz CT molecular complexity index is 749. The monoisotopic (exact) mass is 376 g/mol. The lowest BCUT2D eigenvalue weighted by molar-refractivity contribution is -0.123. The Morgan fingerprint density at radius 2 is 2.00 bits per heavy atom. The van der Waals surface area contributed by atoms with Gasteiger partial charge in [-0.2, -0.15) is 0 Å². The number of amides is 1. The average Bonchev–Trinajstić information content (AvgIpc) is 2.66. The molecule has 1 aliphatic heterocycles. The number of nitrogens with zero attached hydrogens (tertiary/aromatic N) is 3. The van der Waals surface area contributed by atoms with Gasteiger partial charge >= 0.3 is 0 Å². The van der Waals surface area contributed by atoms with Gasteiger partial charge < -0.3 is 19.7 Å². The van der Waals surface area contributed by atoms with E-state index in [0.29, 0.717) is 36.5 Å². The molecule has 0 saturated carbocycles. The number of hydrogen-bond acceptors (Lipinski definition) is 6. The summed E-state index contributed by atoms with van der Waals surface area (Å²) in [6.45, 7) is 5.05. The van der Waals surface area contributed by atoms with Gasteiger partial charge in [0.25, 0.3) is 5.91 Å². The molecular formula is C18H21ClN4O3. The van der Waals surface area contributed by atoms with Gasteiger partial charge in [0.15, 0.2) is 6.61 Å². The molecular weight excluding hydrogens is 356 g/mol. The Labute approximate surface area is 157 Å². The molecule has 3 rings (SSSR count). The van der Waals surface area contributed by atoms with Gasteiger partial charge in [0.2, 0.25) is 5.95 Å². The third-order valence-electron chi connectivity index (χ3n) is 3.84. The molecule has 138 valence electrons. The number of hydrogen-bond donors (Lipinski definition) is 1. The molecule has 7 nitrogen and oxygen atoms in total. The number of aryl methyl sites for hydroxylation is 1. The van der Waals surface area contributed by atoms with Crippen molar-refractivity contribution in [3.05, 3.63) is 46.7 Å². The number of rotatable bonds is 6. The fourth-order valence-corrected chi connectivity index (χ4v) is 2.66. The Hall–Kier alpha value is -2.38.